The van der Waals surface area contributed by atoms with E-state index in [2.05, 4.69) is 43.0 Å². The fourth-order valence-electron chi connectivity index (χ4n) is 4.86. The Kier molecular flexibility index (Phi) is 7.53. The maximum absolute atomic E-state index is 13.9. The molecular weight excluding hydrogens is 424 g/mol. The first-order valence-corrected chi connectivity index (χ1v) is 12.0. The molecule has 4 rings (SSSR count). The number of benzene rings is 3. The molecule has 0 aliphatic carbocycles. The third-order valence-electron chi connectivity index (χ3n) is 6.62. The van der Waals surface area contributed by atoms with E-state index in [1.165, 1.54) is 0 Å². The topological polar surface area (TPSA) is 42.0 Å². The number of amides is 1. The van der Waals surface area contributed by atoms with Crippen LogP contribution in [0.3, 0.4) is 0 Å². The van der Waals surface area contributed by atoms with Gasteiger partial charge in [0, 0.05) is 29.9 Å². The molecule has 5 nitrogen and oxygen atoms in total. The van der Waals surface area contributed by atoms with Crippen LogP contribution in [0.25, 0.3) is 11.1 Å². The van der Waals surface area contributed by atoms with Gasteiger partial charge in [0.25, 0.3) is 5.91 Å². The Bertz CT molecular complexity index is 1110. The second-order valence-electron chi connectivity index (χ2n) is 9.03. The van der Waals surface area contributed by atoms with Gasteiger partial charge in [-0.15, -0.1) is 0 Å². The summed E-state index contributed by atoms with van der Waals surface area (Å²) in [5.41, 5.74) is 3.71. The van der Waals surface area contributed by atoms with Crippen LogP contribution in [0, 0.1) is 0 Å². The van der Waals surface area contributed by atoms with Crippen LogP contribution >= 0.6 is 0 Å². The zero-order chi connectivity index (χ0) is 24.1. The highest BCUT2D eigenvalue weighted by Crippen LogP contribution is 2.31. The molecular formula is C29H34N2O3. The van der Waals surface area contributed by atoms with Gasteiger partial charge in [-0.05, 0) is 74.7 Å². The lowest BCUT2D eigenvalue weighted by molar-refractivity contribution is 0.0974. The van der Waals surface area contributed by atoms with Gasteiger partial charge in [0.15, 0.2) is 11.5 Å². The average Bonchev–Trinajstić information content (AvgIpc) is 3.36. The lowest BCUT2D eigenvalue weighted by atomic mass is 10.0. The van der Waals surface area contributed by atoms with Crippen LogP contribution in [-0.2, 0) is 0 Å². The van der Waals surface area contributed by atoms with Gasteiger partial charge in [0.2, 0.25) is 0 Å². The Morgan fingerprint density at radius 1 is 0.941 bits per heavy atom. The highest BCUT2D eigenvalue weighted by atomic mass is 16.5. The number of methoxy groups -OCH3 is 2. The first kappa shape index (κ1) is 23.8. The Balaban J connectivity index is 1.73. The number of likely N-dealkylation sites (tertiary alicyclic amines) is 1. The number of carbonyl (C=O) groups is 1. The number of nitrogens with zero attached hydrogens (tertiary/aromatic N) is 2. The van der Waals surface area contributed by atoms with E-state index in [0.717, 1.165) is 36.2 Å². The van der Waals surface area contributed by atoms with Crippen molar-refractivity contribution in [1.29, 1.82) is 0 Å². The van der Waals surface area contributed by atoms with Crippen molar-refractivity contribution in [2.75, 3.05) is 32.2 Å². The molecule has 0 unspecified atom stereocenters. The maximum Gasteiger partial charge on any atom is 0.258 e. The minimum Gasteiger partial charge on any atom is -0.493 e. The Morgan fingerprint density at radius 3 is 2.38 bits per heavy atom. The molecule has 1 aliphatic rings. The van der Waals surface area contributed by atoms with Crippen molar-refractivity contribution in [2.24, 2.45) is 0 Å². The maximum atomic E-state index is 13.9. The van der Waals surface area contributed by atoms with E-state index < -0.39 is 0 Å². The number of ether oxygens (including phenoxy) is 2. The standard InChI is InChI=1S/C29H34N2O3/c1-21(2)30-17-9-14-26(30)20-31(29(32)24-15-16-27(33-3)28(19-24)34-4)25-13-8-12-23(18-25)22-10-6-5-7-11-22/h5-8,10-13,15-16,18-19,21,26H,9,14,17,20H2,1-4H3/t26-/m0/s1. The van der Waals surface area contributed by atoms with E-state index in [1.807, 2.05) is 41.3 Å². The smallest absolute Gasteiger partial charge is 0.258 e. The lowest BCUT2D eigenvalue weighted by Gasteiger charge is -2.33. The van der Waals surface area contributed by atoms with Gasteiger partial charge in [-0.1, -0.05) is 42.5 Å². The summed E-state index contributed by atoms with van der Waals surface area (Å²) in [5.74, 6) is 1.12. The van der Waals surface area contributed by atoms with E-state index >= 15 is 0 Å². The van der Waals surface area contributed by atoms with Crippen LogP contribution < -0.4 is 14.4 Å². The zero-order valence-corrected chi connectivity index (χ0v) is 20.5. The molecule has 3 aromatic rings. The molecule has 178 valence electrons. The highest BCUT2D eigenvalue weighted by molar-refractivity contribution is 6.06. The molecule has 0 N–H and O–H groups in total. The Labute approximate surface area is 202 Å². The third kappa shape index (κ3) is 5.10. The van der Waals surface area contributed by atoms with Crippen molar-refractivity contribution < 1.29 is 14.3 Å². The second-order valence-corrected chi connectivity index (χ2v) is 9.03. The fraction of sp³-hybridized carbons (Fsp3) is 0.345. The molecule has 1 heterocycles. The van der Waals surface area contributed by atoms with Crippen molar-refractivity contribution in [1.82, 2.24) is 4.90 Å². The van der Waals surface area contributed by atoms with Crippen molar-refractivity contribution in [3.8, 4) is 22.6 Å². The molecule has 1 amide bonds. The average molecular weight is 459 g/mol. The fourth-order valence-corrected chi connectivity index (χ4v) is 4.86. The summed E-state index contributed by atoms with van der Waals surface area (Å²) in [7, 11) is 3.19. The summed E-state index contributed by atoms with van der Waals surface area (Å²) in [5, 5.41) is 0. The van der Waals surface area contributed by atoms with E-state index in [4.69, 9.17) is 9.47 Å². The monoisotopic (exact) mass is 458 g/mol. The molecule has 0 radical (unpaired) electrons. The van der Waals surface area contributed by atoms with Gasteiger partial charge >= 0.3 is 0 Å². The summed E-state index contributed by atoms with van der Waals surface area (Å²) >= 11 is 0. The van der Waals surface area contributed by atoms with Crippen molar-refractivity contribution in [3.63, 3.8) is 0 Å². The van der Waals surface area contributed by atoms with Crippen LogP contribution in [0.15, 0.2) is 72.8 Å². The summed E-state index contributed by atoms with van der Waals surface area (Å²) in [6, 6.07) is 24.7. The summed E-state index contributed by atoms with van der Waals surface area (Å²) in [4.78, 5) is 18.4. The van der Waals surface area contributed by atoms with Crippen LogP contribution in [0.2, 0.25) is 0 Å². The quantitative estimate of drug-likeness (QED) is 0.422. The molecule has 5 heteroatoms. The number of hydrogen-bond acceptors (Lipinski definition) is 4. The molecule has 0 bridgehead atoms. The molecule has 0 spiro atoms. The highest BCUT2D eigenvalue weighted by Gasteiger charge is 2.31. The van der Waals surface area contributed by atoms with E-state index in [-0.39, 0.29) is 5.91 Å². The second kappa shape index (κ2) is 10.7. The number of rotatable bonds is 8. The lowest BCUT2D eigenvalue weighted by Crippen LogP contribution is -2.45. The van der Waals surface area contributed by atoms with Crippen molar-refractivity contribution in [2.45, 2.75) is 38.8 Å². The number of anilines is 1. The molecule has 1 fully saturated rings. The molecule has 1 atom stereocenters. The van der Waals surface area contributed by atoms with Gasteiger partial charge < -0.3 is 14.4 Å². The first-order valence-electron chi connectivity index (χ1n) is 12.0. The molecule has 34 heavy (non-hydrogen) atoms. The van der Waals surface area contributed by atoms with E-state index in [1.54, 1.807) is 26.4 Å². The SMILES string of the molecule is COc1ccc(C(=O)N(C[C@@H]2CCCN2C(C)C)c2cccc(-c3ccccc3)c2)cc1OC. The molecule has 3 aromatic carbocycles. The molecule has 0 aromatic heterocycles. The summed E-state index contributed by atoms with van der Waals surface area (Å²) in [6.45, 7) is 6.18. The first-order chi connectivity index (χ1) is 16.5. The van der Waals surface area contributed by atoms with Gasteiger partial charge in [-0.25, -0.2) is 0 Å². The van der Waals surface area contributed by atoms with E-state index in [9.17, 15) is 4.79 Å². The van der Waals surface area contributed by atoms with Crippen LogP contribution in [-0.4, -0.2) is 50.2 Å². The van der Waals surface area contributed by atoms with Crippen molar-refractivity contribution in [3.05, 3.63) is 78.4 Å². The van der Waals surface area contributed by atoms with Gasteiger partial charge in [0.05, 0.1) is 14.2 Å². The summed E-state index contributed by atoms with van der Waals surface area (Å²) < 4.78 is 10.8. The van der Waals surface area contributed by atoms with Gasteiger partial charge in [-0.3, -0.25) is 9.69 Å². The van der Waals surface area contributed by atoms with E-state index in [0.29, 0.717) is 35.7 Å². The normalized spacial score (nSPS) is 16.0. The molecule has 1 saturated heterocycles. The van der Waals surface area contributed by atoms with Crippen LogP contribution in [0.5, 0.6) is 11.5 Å². The predicted molar refractivity (Wildman–Crippen MR) is 138 cm³/mol. The summed E-state index contributed by atoms with van der Waals surface area (Å²) in [6.07, 6.45) is 2.25. The van der Waals surface area contributed by atoms with Crippen LogP contribution in [0.1, 0.15) is 37.0 Å². The number of carbonyl (C=O) groups excluding carboxylic acids is 1. The minimum atomic E-state index is -0.0400. The number of hydrogen-bond donors (Lipinski definition) is 0. The van der Waals surface area contributed by atoms with Crippen LogP contribution in [0.4, 0.5) is 5.69 Å². The zero-order valence-electron chi connectivity index (χ0n) is 20.5. The molecule has 0 saturated carbocycles. The third-order valence-corrected chi connectivity index (χ3v) is 6.62. The van der Waals surface area contributed by atoms with Crippen molar-refractivity contribution >= 4 is 11.6 Å². The minimum absolute atomic E-state index is 0.0400. The molecule has 1 aliphatic heterocycles. The Morgan fingerprint density at radius 2 is 1.68 bits per heavy atom. The van der Waals surface area contributed by atoms with Gasteiger partial charge in [-0.2, -0.15) is 0 Å². The predicted octanol–water partition coefficient (Wildman–Crippen LogP) is 5.89. The Hall–Kier alpha value is -3.31. The van der Waals surface area contributed by atoms with Gasteiger partial charge in [0.1, 0.15) is 0 Å². The largest absolute Gasteiger partial charge is 0.493 e.